The van der Waals surface area contributed by atoms with E-state index in [1.165, 1.54) is 12.1 Å². The Morgan fingerprint density at radius 1 is 0.825 bits per heavy atom. The van der Waals surface area contributed by atoms with Crippen LogP contribution in [0, 0.1) is 0 Å². The van der Waals surface area contributed by atoms with Gasteiger partial charge in [-0.1, -0.05) is 54.6 Å². The molecular weight excluding hydrogens is 660 g/mol. The van der Waals surface area contributed by atoms with E-state index < -0.39 is 10.0 Å². The summed E-state index contributed by atoms with van der Waals surface area (Å²) < 4.78 is 41.5. The summed E-state index contributed by atoms with van der Waals surface area (Å²) in [6.07, 6.45) is 0.752. The van der Waals surface area contributed by atoms with Crippen LogP contribution in [0.15, 0.2) is 105 Å². The Kier molecular flexibility index (Phi) is 10.2. The second kappa shape index (κ2) is 13.8. The first-order valence-electron chi connectivity index (χ1n) is 12.4. The average molecular weight is 688 g/mol. The van der Waals surface area contributed by atoms with Gasteiger partial charge in [0.25, 0.3) is 10.0 Å². The summed E-state index contributed by atoms with van der Waals surface area (Å²) in [6.45, 7) is 0.679. The smallest absolute Gasteiger partial charge is 0.262 e. The Bertz CT molecular complexity index is 1540. The van der Waals surface area contributed by atoms with Gasteiger partial charge >= 0.3 is 0 Å². The predicted molar refractivity (Wildman–Crippen MR) is 163 cm³/mol. The van der Waals surface area contributed by atoms with Crippen LogP contribution in [0.1, 0.15) is 16.7 Å². The molecule has 2 N–H and O–H groups in total. The normalized spacial score (nSPS) is 11.1. The Balaban J connectivity index is 1.44. The van der Waals surface area contributed by atoms with Crippen molar-refractivity contribution in [1.82, 2.24) is 5.32 Å². The van der Waals surface area contributed by atoms with Crippen molar-refractivity contribution in [3.8, 4) is 11.5 Å². The molecule has 0 spiro atoms. The fraction of sp³-hybridized carbons (Fsp3) is 0.167. The Morgan fingerprint density at radius 3 is 2.12 bits per heavy atom. The number of ether oxygens (including phenoxy) is 2. The van der Waals surface area contributed by atoms with Gasteiger partial charge in [0, 0.05) is 6.54 Å². The zero-order valence-corrected chi connectivity index (χ0v) is 25.7. The Labute approximate surface area is 251 Å². The molecule has 7 nitrogen and oxygen atoms in total. The third-order valence-corrected chi connectivity index (χ3v) is 8.50. The first-order valence-corrected chi connectivity index (χ1v) is 15.5. The second-order valence-corrected chi connectivity index (χ2v) is 12.3. The van der Waals surface area contributed by atoms with Crippen LogP contribution < -0.4 is 19.5 Å². The highest BCUT2D eigenvalue weighted by molar-refractivity contribution is 9.11. The summed E-state index contributed by atoms with van der Waals surface area (Å²) in [5, 5.41) is 2.95. The first kappa shape index (κ1) is 29.6. The maximum absolute atomic E-state index is 13.0. The Morgan fingerprint density at radius 2 is 1.48 bits per heavy atom. The molecule has 0 aliphatic carbocycles. The number of carbonyl (C=O) groups is 1. The molecule has 10 heteroatoms. The molecule has 0 aromatic heterocycles. The molecule has 0 aliphatic heterocycles. The number of anilines is 1. The van der Waals surface area contributed by atoms with Crippen molar-refractivity contribution in [2.45, 2.75) is 24.3 Å². The summed E-state index contributed by atoms with van der Waals surface area (Å²) in [7, 11) is -2.22. The Hall–Kier alpha value is -3.34. The molecule has 0 fully saturated rings. The summed E-state index contributed by atoms with van der Waals surface area (Å²) in [6, 6.07) is 26.8. The second-order valence-electron chi connectivity index (χ2n) is 8.89. The third kappa shape index (κ3) is 8.09. The van der Waals surface area contributed by atoms with E-state index in [1.807, 2.05) is 48.5 Å². The van der Waals surface area contributed by atoms with Crippen molar-refractivity contribution in [3.63, 3.8) is 0 Å². The van der Waals surface area contributed by atoms with E-state index in [9.17, 15) is 13.2 Å². The lowest BCUT2D eigenvalue weighted by Gasteiger charge is -2.16. The number of sulfonamides is 1. The highest BCUT2D eigenvalue weighted by Crippen LogP contribution is 2.34. The number of methoxy groups -OCH3 is 1. The minimum absolute atomic E-state index is 0.114. The largest absolute Gasteiger partial charge is 0.494 e. The van der Waals surface area contributed by atoms with Crippen LogP contribution in [0.5, 0.6) is 11.5 Å². The molecule has 0 radical (unpaired) electrons. The number of rotatable bonds is 12. The van der Waals surface area contributed by atoms with Crippen LogP contribution in [0.4, 0.5) is 5.69 Å². The maximum Gasteiger partial charge on any atom is 0.262 e. The third-order valence-electron chi connectivity index (χ3n) is 5.94. The molecule has 40 heavy (non-hydrogen) atoms. The van der Waals surface area contributed by atoms with Crippen molar-refractivity contribution in [2.24, 2.45) is 0 Å². The van der Waals surface area contributed by atoms with Gasteiger partial charge in [-0.3, -0.25) is 9.52 Å². The highest BCUT2D eigenvalue weighted by atomic mass is 79.9. The summed E-state index contributed by atoms with van der Waals surface area (Å²) >= 11 is 6.92. The van der Waals surface area contributed by atoms with Crippen LogP contribution in [0.3, 0.4) is 0 Å². The highest BCUT2D eigenvalue weighted by Gasteiger charge is 2.17. The van der Waals surface area contributed by atoms with Crippen molar-refractivity contribution in [2.75, 3.05) is 18.4 Å². The van der Waals surface area contributed by atoms with E-state index in [4.69, 9.17) is 9.47 Å². The van der Waals surface area contributed by atoms with Crippen molar-refractivity contribution in [1.29, 1.82) is 0 Å². The molecule has 208 valence electrons. The zero-order chi connectivity index (χ0) is 28.5. The fourth-order valence-electron chi connectivity index (χ4n) is 3.97. The van der Waals surface area contributed by atoms with E-state index >= 15 is 0 Å². The topological polar surface area (TPSA) is 93.7 Å². The number of amides is 1. The lowest BCUT2D eigenvalue weighted by atomic mass is 10.1. The van der Waals surface area contributed by atoms with Crippen LogP contribution >= 0.6 is 31.9 Å². The van der Waals surface area contributed by atoms with Crippen molar-refractivity contribution < 1.29 is 22.7 Å². The van der Waals surface area contributed by atoms with E-state index in [-0.39, 0.29) is 23.8 Å². The molecule has 1 amide bonds. The summed E-state index contributed by atoms with van der Waals surface area (Å²) in [4.78, 5) is 12.7. The molecule has 0 bridgehead atoms. The molecular formula is C30H28Br2N2O5S. The molecule has 0 saturated heterocycles. The minimum Gasteiger partial charge on any atom is -0.494 e. The average Bonchev–Trinajstić information content (AvgIpc) is 2.94. The van der Waals surface area contributed by atoms with E-state index in [2.05, 4.69) is 41.9 Å². The molecule has 0 heterocycles. The standard InChI is InChI=1S/C30H28Br2N2O5S/c1-38-30-25(31)16-23(17-26(30)32)19-29(35)33-15-14-21-12-13-27(34-40(36,37)24-10-6-3-7-11-24)28(18-21)39-20-22-8-4-2-5-9-22/h2-13,16-18,34H,14-15,19-20H2,1H3,(H,33,35). The number of nitrogens with one attached hydrogen (secondary N) is 2. The van der Waals surface area contributed by atoms with Gasteiger partial charge in [0.05, 0.1) is 33.1 Å². The predicted octanol–water partition coefficient (Wildman–Crippen LogP) is 6.50. The quantitative estimate of drug-likeness (QED) is 0.177. The van der Waals surface area contributed by atoms with Gasteiger partial charge in [0.15, 0.2) is 0 Å². The lowest BCUT2D eigenvalue weighted by molar-refractivity contribution is -0.120. The van der Waals surface area contributed by atoms with Crippen LogP contribution in [-0.4, -0.2) is 28.0 Å². The molecule has 0 saturated carbocycles. The van der Waals surface area contributed by atoms with Crippen molar-refractivity contribution >= 4 is 53.5 Å². The van der Waals surface area contributed by atoms with Gasteiger partial charge in [-0.2, -0.15) is 0 Å². The van der Waals surface area contributed by atoms with E-state index in [0.29, 0.717) is 30.2 Å². The molecule has 4 aromatic carbocycles. The van der Waals surface area contributed by atoms with Crippen LogP contribution in [0.25, 0.3) is 0 Å². The molecule has 0 atom stereocenters. The van der Waals surface area contributed by atoms with Crippen LogP contribution in [-0.2, 0) is 34.3 Å². The number of carbonyl (C=O) groups excluding carboxylic acids is 1. The van der Waals surface area contributed by atoms with Crippen LogP contribution in [0.2, 0.25) is 0 Å². The SMILES string of the molecule is COc1c(Br)cc(CC(=O)NCCc2ccc(NS(=O)(=O)c3ccccc3)c(OCc3ccccc3)c2)cc1Br. The van der Waals surface area contributed by atoms with Crippen molar-refractivity contribution in [3.05, 3.63) is 117 Å². The molecule has 0 unspecified atom stereocenters. The first-order chi connectivity index (χ1) is 19.2. The number of hydrogen-bond donors (Lipinski definition) is 2. The van der Waals surface area contributed by atoms with Gasteiger partial charge in [-0.15, -0.1) is 0 Å². The molecule has 4 aromatic rings. The van der Waals surface area contributed by atoms with Gasteiger partial charge in [-0.25, -0.2) is 8.42 Å². The van der Waals surface area contributed by atoms with Gasteiger partial charge in [0.2, 0.25) is 5.91 Å². The molecule has 4 rings (SSSR count). The van der Waals surface area contributed by atoms with E-state index in [0.717, 1.165) is 25.6 Å². The lowest BCUT2D eigenvalue weighted by Crippen LogP contribution is -2.27. The maximum atomic E-state index is 13.0. The van der Waals surface area contributed by atoms with E-state index in [1.54, 1.807) is 37.4 Å². The summed E-state index contributed by atoms with van der Waals surface area (Å²) in [5.41, 5.74) is 3.02. The number of hydrogen-bond acceptors (Lipinski definition) is 5. The fourth-order valence-corrected chi connectivity index (χ4v) is 6.66. The van der Waals surface area contributed by atoms with Gasteiger partial charge in [-0.05, 0) is 91.4 Å². The zero-order valence-electron chi connectivity index (χ0n) is 21.7. The number of benzene rings is 4. The van der Waals surface area contributed by atoms with Gasteiger partial charge < -0.3 is 14.8 Å². The minimum atomic E-state index is -3.80. The molecule has 0 aliphatic rings. The number of halogens is 2. The van der Waals surface area contributed by atoms with Gasteiger partial charge in [0.1, 0.15) is 18.1 Å². The summed E-state index contributed by atoms with van der Waals surface area (Å²) in [5.74, 6) is 0.959. The monoisotopic (exact) mass is 686 g/mol.